The Morgan fingerprint density at radius 1 is 1.00 bits per heavy atom. The zero-order valence-electron chi connectivity index (χ0n) is 12.7. The fourth-order valence-corrected chi connectivity index (χ4v) is 5.07. The van der Waals surface area contributed by atoms with Crippen LogP contribution in [0.1, 0.15) is 15.9 Å². The van der Waals surface area contributed by atoms with Crippen molar-refractivity contribution < 1.29 is 4.79 Å². The van der Waals surface area contributed by atoms with E-state index in [1.54, 1.807) is 0 Å². The monoisotopic (exact) mass is 416 g/mol. The van der Waals surface area contributed by atoms with Crippen LogP contribution in [0.4, 0.5) is 5.69 Å². The zero-order chi connectivity index (χ0) is 15.6. The van der Waals surface area contributed by atoms with Crippen LogP contribution in [0.5, 0.6) is 0 Å². The summed E-state index contributed by atoms with van der Waals surface area (Å²) in [5.41, 5.74) is 5.13. The Morgan fingerprint density at radius 2 is 1.78 bits per heavy atom. The van der Waals surface area contributed by atoms with Crippen molar-refractivity contribution in [3.8, 4) is 11.1 Å². The van der Waals surface area contributed by atoms with E-state index in [1.165, 1.54) is 5.69 Å². The molecule has 23 heavy (non-hydrogen) atoms. The van der Waals surface area contributed by atoms with Crippen LogP contribution in [0, 0.1) is 15.4 Å². The van der Waals surface area contributed by atoms with Crippen molar-refractivity contribution in [1.82, 2.24) is 5.32 Å². The van der Waals surface area contributed by atoms with Gasteiger partial charge in [0.1, 0.15) is 0 Å². The summed E-state index contributed by atoms with van der Waals surface area (Å²) in [4.78, 5) is 15.3. The molecule has 116 valence electrons. The van der Waals surface area contributed by atoms with Gasteiger partial charge in [-0.25, -0.2) is 0 Å². The first-order chi connectivity index (χ1) is 11.2. The van der Waals surface area contributed by atoms with Gasteiger partial charge in [-0.15, -0.1) is 0 Å². The van der Waals surface area contributed by atoms with Gasteiger partial charge in [-0.3, -0.25) is 4.79 Å². The molecule has 2 aliphatic heterocycles. The Balaban J connectivity index is 1.54. The maximum atomic E-state index is 12.8. The summed E-state index contributed by atoms with van der Waals surface area (Å²) in [6, 6.07) is 12.5. The van der Waals surface area contributed by atoms with E-state index in [1.807, 2.05) is 12.1 Å². The van der Waals surface area contributed by atoms with E-state index in [-0.39, 0.29) is 5.78 Å². The molecular formula is C19H17IN2O. The summed E-state index contributed by atoms with van der Waals surface area (Å²) in [7, 11) is 0. The number of rotatable bonds is 1. The number of benzene rings is 2. The predicted molar refractivity (Wildman–Crippen MR) is 100 cm³/mol. The van der Waals surface area contributed by atoms with Crippen molar-refractivity contribution in [1.29, 1.82) is 0 Å². The van der Waals surface area contributed by atoms with Gasteiger partial charge in [0.2, 0.25) is 0 Å². The summed E-state index contributed by atoms with van der Waals surface area (Å²) in [6.45, 7) is 4.48. The van der Waals surface area contributed by atoms with Gasteiger partial charge in [0, 0.05) is 46.6 Å². The lowest BCUT2D eigenvalue weighted by atomic mass is 10.0. The first kappa shape index (κ1) is 14.0. The third kappa shape index (κ3) is 2.01. The number of fused-ring (bicyclic) bond motifs is 4. The van der Waals surface area contributed by atoms with E-state index >= 15 is 0 Å². The number of anilines is 1. The lowest BCUT2D eigenvalue weighted by molar-refractivity contribution is 0.104. The van der Waals surface area contributed by atoms with E-state index in [9.17, 15) is 4.79 Å². The second-order valence-electron chi connectivity index (χ2n) is 6.80. The molecule has 3 aliphatic rings. The van der Waals surface area contributed by atoms with Gasteiger partial charge in [0.05, 0.1) is 0 Å². The van der Waals surface area contributed by atoms with Crippen molar-refractivity contribution >= 4 is 34.1 Å². The smallest absolute Gasteiger partial charge is 0.195 e. The highest BCUT2D eigenvalue weighted by Gasteiger charge is 2.37. The summed E-state index contributed by atoms with van der Waals surface area (Å²) in [5, 5.41) is 3.48. The molecule has 4 heteroatoms. The number of hydrogen-bond donors (Lipinski definition) is 1. The number of nitrogens with one attached hydrogen (secondary N) is 1. The molecule has 0 amide bonds. The van der Waals surface area contributed by atoms with Gasteiger partial charge in [-0.1, -0.05) is 18.2 Å². The molecule has 0 bridgehead atoms. The Labute approximate surface area is 149 Å². The van der Waals surface area contributed by atoms with E-state index in [0.29, 0.717) is 0 Å². The molecule has 2 aromatic carbocycles. The minimum Gasteiger partial charge on any atom is -0.371 e. The van der Waals surface area contributed by atoms with Crippen molar-refractivity contribution in [2.24, 2.45) is 11.8 Å². The van der Waals surface area contributed by atoms with Crippen LogP contribution >= 0.6 is 22.6 Å². The maximum absolute atomic E-state index is 12.8. The third-order valence-electron chi connectivity index (χ3n) is 5.53. The number of hydrogen-bond acceptors (Lipinski definition) is 3. The van der Waals surface area contributed by atoms with Crippen molar-refractivity contribution in [3.63, 3.8) is 0 Å². The quantitative estimate of drug-likeness (QED) is 0.619. The molecule has 0 spiro atoms. The first-order valence-corrected chi connectivity index (χ1v) is 9.23. The number of ketones is 1. The van der Waals surface area contributed by atoms with Crippen LogP contribution in [0.3, 0.4) is 0 Å². The topological polar surface area (TPSA) is 32.3 Å². The third-order valence-corrected chi connectivity index (χ3v) is 6.43. The molecule has 2 fully saturated rings. The van der Waals surface area contributed by atoms with E-state index < -0.39 is 0 Å². The Morgan fingerprint density at radius 3 is 2.57 bits per heavy atom. The molecular weight excluding hydrogens is 399 g/mol. The van der Waals surface area contributed by atoms with Gasteiger partial charge in [0.15, 0.2) is 5.78 Å². The standard InChI is InChI=1S/C19H17IN2O/c20-17-3-1-2-15-14-5-4-13(6-16(14)19(23)18(15)17)22-9-11-7-21-8-12(11)10-22/h1-6,11-12,21H,7-10H2/t11-,12+. The average Bonchev–Trinajstić information content (AvgIpc) is 3.21. The summed E-state index contributed by atoms with van der Waals surface area (Å²) < 4.78 is 1.05. The van der Waals surface area contributed by atoms with Gasteiger partial charge < -0.3 is 10.2 Å². The minimum atomic E-state index is 0.183. The molecule has 5 rings (SSSR count). The molecule has 0 saturated carbocycles. The van der Waals surface area contributed by atoms with Crippen LogP contribution in [-0.4, -0.2) is 32.0 Å². The van der Waals surface area contributed by atoms with Gasteiger partial charge in [0.25, 0.3) is 0 Å². The van der Waals surface area contributed by atoms with Gasteiger partial charge in [-0.05, 0) is 63.8 Å². The van der Waals surface area contributed by atoms with Crippen molar-refractivity contribution in [2.75, 3.05) is 31.1 Å². The first-order valence-electron chi connectivity index (χ1n) is 8.15. The summed E-state index contributed by atoms with van der Waals surface area (Å²) in [5.74, 6) is 1.71. The van der Waals surface area contributed by atoms with Crippen molar-refractivity contribution in [2.45, 2.75) is 0 Å². The fraction of sp³-hybridized carbons (Fsp3) is 0.316. The number of carbonyl (C=O) groups excluding carboxylic acids is 1. The Bertz CT molecular complexity index is 820. The Hall–Kier alpha value is -1.40. The fourth-order valence-electron chi connectivity index (χ4n) is 4.33. The van der Waals surface area contributed by atoms with Crippen LogP contribution in [-0.2, 0) is 0 Å². The zero-order valence-corrected chi connectivity index (χ0v) is 14.8. The normalized spacial score (nSPS) is 24.7. The number of halogens is 1. The van der Waals surface area contributed by atoms with E-state index in [0.717, 1.165) is 63.8 Å². The highest BCUT2D eigenvalue weighted by atomic mass is 127. The average molecular weight is 416 g/mol. The molecule has 1 N–H and O–H groups in total. The second kappa shape index (κ2) is 5.05. The number of nitrogens with zero attached hydrogens (tertiary/aromatic N) is 1. The van der Waals surface area contributed by atoms with Crippen LogP contribution in [0.25, 0.3) is 11.1 Å². The number of carbonyl (C=O) groups is 1. The largest absolute Gasteiger partial charge is 0.371 e. The maximum Gasteiger partial charge on any atom is 0.195 e. The molecule has 2 saturated heterocycles. The molecule has 2 atom stereocenters. The SMILES string of the molecule is O=C1c2cc(N3C[C@H]4CNC[C@H]4C3)ccc2-c2cccc(I)c21. The highest BCUT2D eigenvalue weighted by molar-refractivity contribution is 14.1. The van der Waals surface area contributed by atoms with Crippen LogP contribution < -0.4 is 10.2 Å². The molecule has 0 aromatic heterocycles. The predicted octanol–water partition coefficient (Wildman–Crippen LogP) is 3.16. The minimum absolute atomic E-state index is 0.183. The van der Waals surface area contributed by atoms with E-state index in [4.69, 9.17) is 0 Å². The lowest BCUT2D eigenvalue weighted by Crippen LogP contribution is -2.25. The second-order valence-corrected chi connectivity index (χ2v) is 7.97. The Kier molecular flexibility index (Phi) is 3.07. The van der Waals surface area contributed by atoms with Gasteiger partial charge in [-0.2, -0.15) is 0 Å². The van der Waals surface area contributed by atoms with Crippen LogP contribution in [0.15, 0.2) is 36.4 Å². The molecule has 2 aromatic rings. The lowest BCUT2D eigenvalue weighted by Gasteiger charge is -2.20. The molecule has 2 heterocycles. The van der Waals surface area contributed by atoms with Crippen molar-refractivity contribution in [3.05, 3.63) is 51.1 Å². The molecule has 3 nitrogen and oxygen atoms in total. The highest BCUT2D eigenvalue weighted by Crippen LogP contribution is 2.41. The molecule has 0 unspecified atom stereocenters. The van der Waals surface area contributed by atoms with Crippen LogP contribution in [0.2, 0.25) is 0 Å². The van der Waals surface area contributed by atoms with Gasteiger partial charge >= 0.3 is 0 Å². The molecule has 1 aliphatic carbocycles. The summed E-state index contributed by atoms with van der Waals surface area (Å²) >= 11 is 2.27. The van der Waals surface area contributed by atoms with E-state index in [2.05, 4.69) is 57.1 Å². The summed E-state index contributed by atoms with van der Waals surface area (Å²) in [6.07, 6.45) is 0. The molecule has 0 radical (unpaired) electrons.